The molecule has 0 unspecified atom stereocenters. The summed E-state index contributed by atoms with van der Waals surface area (Å²) in [5, 5.41) is 8.03. The summed E-state index contributed by atoms with van der Waals surface area (Å²) in [6.07, 6.45) is 1.62. The van der Waals surface area contributed by atoms with Crippen LogP contribution in [0.3, 0.4) is 0 Å². The molecule has 0 radical (unpaired) electrons. The van der Waals surface area contributed by atoms with Gasteiger partial charge < -0.3 is 21.7 Å². The Morgan fingerprint density at radius 2 is 1.71 bits per heavy atom. The van der Waals surface area contributed by atoms with Crippen molar-refractivity contribution in [3.05, 3.63) is 64.9 Å². The number of amides is 4. The Morgan fingerprint density at radius 3 is 2.35 bits per heavy atom. The maximum absolute atomic E-state index is 12.4. The minimum absolute atomic E-state index is 0.119. The molecule has 2 aromatic rings. The van der Waals surface area contributed by atoms with Gasteiger partial charge in [-0.3, -0.25) is 19.2 Å². The number of primary amides is 1. The smallest absolute Gasteiger partial charge is 0.243 e. The number of benzene rings is 1. The molecule has 1 aromatic carbocycles. The van der Waals surface area contributed by atoms with E-state index in [-0.39, 0.29) is 18.7 Å². The number of piperazine rings is 1. The number of halogens is 1. The first-order valence-corrected chi connectivity index (χ1v) is 10.0. The van der Waals surface area contributed by atoms with E-state index < -0.39 is 35.8 Å². The average molecular weight is 444 g/mol. The number of pyridine rings is 1. The Hall–Kier alpha value is -3.46. The molecule has 0 spiro atoms. The Bertz CT molecular complexity index is 967. The lowest BCUT2D eigenvalue weighted by Gasteiger charge is -2.29. The van der Waals surface area contributed by atoms with Crippen molar-refractivity contribution in [1.29, 1.82) is 0 Å². The van der Waals surface area contributed by atoms with Gasteiger partial charge in [-0.2, -0.15) is 0 Å². The van der Waals surface area contributed by atoms with Gasteiger partial charge in [-0.1, -0.05) is 48.0 Å². The third kappa shape index (κ3) is 6.26. The van der Waals surface area contributed by atoms with E-state index in [1.165, 1.54) is 6.20 Å². The van der Waals surface area contributed by atoms with E-state index in [1.54, 1.807) is 12.1 Å². The van der Waals surface area contributed by atoms with E-state index in [0.717, 1.165) is 5.56 Å². The SMILES string of the molecule is NC(=O)[C@H](Cc1ccc(Cl)nc1)NC(=O)C[C@@H]1NC(=O)[C@H](Cc2ccccc2)NC1=O. The summed E-state index contributed by atoms with van der Waals surface area (Å²) >= 11 is 5.74. The van der Waals surface area contributed by atoms with Crippen LogP contribution in [0.1, 0.15) is 17.5 Å². The molecule has 10 heteroatoms. The summed E-state index contributed by atoms with van der Waals surface area (Å²) < 4.78 is 0. The number of carbonyl (C=O) groups is 4. The van der Waals surface area contributed by atoms with Gasteiger partial charge in [0.25, 0.3) is 0 Å². The maximum atomic E-state index is 12.4. The quantitative estimate of drug-likeness (QED) is 0.420. The third-order valence-corrected chi connectivity index (χ3v) is 5.07. The van der Waals surface area contributed by atoms with Gasteiger partial charge in [0, 0.05) is 19.0 Å². The fraction of sp³-hybridized carbons (Fsp3) is 0.286. The highest BCUT2D eigenvalue weighted by molar-refractivity contribution is 6.29. The predicted octanol–water partition coefficient (Wildman–Crippen LogP) is -0.136. The number of nitrogens with one attached hydrogen (secondary N) is 3. The molecule has 3 atom stereocenters. The molecule has 1 fully saturated rings. The van der Waals surface area contributed by atoms with E-state index in [2.05, 4.69) is 20.9 Å². The largest absolute Gasteiger partial charge is 0.368 e. The molecule has 2 heterocycles. The summed E-state index contributed by atoms with van der Waals surface area (Å²) in [7, 11) is 0. The third-order valence-electron chi connectivity index (χ3n) is 4.85. The topological polar surface area (TPSA) is 143 Å². The molecule has 0 bridgehead atoms. The van der Waals surface area contributed by atoms with Crippen LogP contribution >= 0.6 is 11.6 Å². The summed E-state index contributed by atoms with van der Waals surface area (Å²) in [6, 6.07) is 9.75. The zero-order valence-electron chi connectivity index (χ0n) is 16.5. The van der Waals surface area contributed by atoms with E-state index in [1.807, 2.05) is 30.3 Å². The van der Waals surface area contributed by atoms with Crippen LogP contribution in [0.4, 0.5) is 0 Å². The minimum atomic E-state index is -1.04. The normalized spacial score (nSPS) is 19.1. The second kappa shape index (κ2) is 10.0. The predicted molar refractivity (Wildman–Crippen MR) is 113 cm³/mol. The van der Waals surface area contributed by atoms with Crippen molar-refractivity contribution in [3.8, 4) is 0 Å². The fourth-order valence-electron chi connectivity index (χ4n) is 3.24. The lowest BCUT2D eigenvalue weighted by atomic mass is 10.0. The Kier molecular flexibility index (Phi) is 7.19. The van der Waals surface area contributed by atoms with Crippen molar-refractivity contribution in [2.24, 2.45) is 5.73 Å². The van der Waals surface area contributed by atoms with Crippen molar-refractivity contribution < 1.29 is 19.2 Å². The summed E-state index contributed by atoms with van der Waals surface area (Å²) in [5.41, 5.74) is 6.94. The van der Waals surface area contributed by atoms with Crippen molar-refractivity contribution in [1.82, 2.24) is 20.9 Å². The molecule has 3 rings (SSSR count). The molecule has 162 valence electrons. The van der Waals surface area contributed by atoms with E-state index >= 15 is 0 Å². The van der Waals surface area contributed by atoms with Crippen LogP contribution in [-0.2, 0) is 32.0 Å². The monoisotopic (exact) mass is 443 g/mol. The van der Waals surface area contributed by atoms with Crippen molar-refractivity contribution >= 4 is 35.2 Å². The molecule has 9 nitrogen and oxygen atoms in total. The van der Waals surface area contributed by atoms with Crippen LogP contribution in [0.15, 0.2) is 48.7 Å². The Morgan fingerprint density at radius 1 is 1.03 bits per heavy atom. The molecule has 0 saturated carbocycles. The highest BCUT2D eigenvalue weighted by Crippen LogP contribution is 2.10. The number of nitrogens with two attached hydrogens (primary N) is 1. The number of aromatic nitrogens is 1. The van der Waals surface area contributed by atoms with Crippen molar-refractivity contribution in [2.45, 2.75) is 37.4 Å². The number of nitrogens with zero attached hydrogens (tertiary/aromatic N) is 1. The molecular formula is C21H22ClN5O4. The van der Waals surface area contributed by atoms with Gasteiger partial charge in [-0.15, -0.1) is 0 Å². The number of carbonyl (C=O) groups excluding carboxylic acids is 4. The molecule has 0 aliphatic carbocycles. The van der Waals surface area contributed by atoms with Crippen LogP contribution in [0.5, 0.6) is 0 Å². The lowest BCUT2D eigenvalue weighted by Crippen LogP contribution is -2.63. The van der Waals surface area contributed by atoms with Gasteiger partial charge in [-0.05, 0) is 17.2 Å². The maximum Gasteiger partial charge on any atom is 0.243 e. The first-order valence-electron chi connectivity index (χ1n) is 9.65. The number of hydrogen-bond donors (Lipinski definition) is 4. The molecule has 4 amide bonds. The van der Waals surface area contributed by atoms with Gasteiger partial charge in [0.1, 0.15) is 23.3 Å². The molecule has 31 heavy (non-hydrogen) atoms. The van der Waals surface area contributed by atoms with Gasteiger partial charge in [-0.25, -0.2) is 4.98 Å². The Balaban J connectivity index is 1.55. The summed E-state index contributed by atoms with van der Waals surface area (Å²) in [4.78, 5) is 52.9. The minimum Gasteiger partial charge on any atom is -0.368 e. The number of rotatable bonds is 8. The van der Waals surface area contributed by atoms with Crippen molar-refractivity contribution in [3.63, 3.8) is 0 Å². The zero-order valence-corrected chi connectivity index (χ0v) is 17.3. The van der Waals surface area contributed by atoms with E-state index in [4.69, 9.17) is 17.3 Å². The second-order valence-electron chi connectivity index (χ2n) is 7.23. The van der Waals surface area contributed by atoms with Crippen LogP contribution in [0.2, 0.25) is 5.15 Å². The van der Waals surface area contributed by atoms with Gasteiger partial charge in [0.15, 0.2) is 0 Å². The highest BCUT2D eigenvalue weighted by Gasteiger charge is 2.35. The number of hydrogen-bond acceptors (Lipinski definition) is 5. The highest BCUT2D eigenvalue weighted by atomic mass is 35.5. The zero-order chi connectivity index (χ0) is 22.4. The first kappa shape index (κ1) is 22.2. The lowest BCUT2D eigenvalue weighted by molar-refractivity contribution is -0.138. The molecule has 1 aliphatic heterocycles. The summed E-state index contributed by atoms with van der Waals surface area (Å²) in [5.74, 6) is -2.16. The van der Waals surface area contributed by atoms with Crippen LogP contribution < -0.4 is 21.7 Å². The van der Waals surface area contributed by atoms with E-state index in [9.17, 15) is 19.2 Å². The average Bonchev–Trinajstić information content (AvgIpc) is 2.73. The van der Waals surface area contributed by atoms with Gasteiger partial charge >= 0.3 is 0 Å². The van der Waals surface area contributed by atoms with Gasteiger partial charge in [0.2, 0.25) is 23.6 Å². The standard InChI is InChI=1S/C21H22ClN5O4/c22-17-7-6-13(11-24-17)9-14(19(23)29)25-18(28)10-16-21(31)26-15(20(30)27-16)8-12-4-2-1-3-5-12/h1-7,11,14-16H,8-10H2,(H2,23,29)(H,25,28)(H,26,31)(H,27,30)/t14-,15-,16-/m0/s1. The fourth-order valence-corrected chi connectivity index (χ4v) is 3.35. The van der Waals surface area contributed by atoms with Crippen LogP contribution in [0.25, 0.3) is 0 Å². The van der Waals surface area contributed by atoms with Crippen LogP contribution in [0, 0.1) is 0 Å². The molecular weight excluding hydrogens is 422 g/mol. The van der Waals surface area contributed by atoms with Gasteiger partial charge in [0.05, 0.1) is 6.42 Å². The Labute approximate surface area is 183 Å². The molecule has 5 N–H and O–H groups in total. The summed E-state index contributed by atoms with van der Waals surface area (Å²) in [6.45, 7) is 0. The van der Waals surface area contributed by atoms with E-state index in [0.29, 0.717) is 17.1 Å². The van der Waals surface area contributed by atoms with Crippen molar-refractivity contribution in [2.75, 3.05) is 0 Å². The molecule has 1 aliphatic rings. The molecule has 1 aromatic heterocycles. The second-order valence-corrected chi connectivity index (χ2v) is 7.62. The molecule has 1 saturated heterocycles. The van der Waals surface area contributed by atoms with Crippen LogP contribution in [-0.4, -0.2) is 46.7 Å². The first-order chi connectivity index (χ1) is 14.8.